The summed E-state index contributed by atoms with van der Waals surface area (Å²) in [7, 11) is 4.71. The van der Waals surface area contributed by atoms with Gasteiger partial charge >= 0.3 is 0 Å². The summed E-state index contributed by atoms with van der Waals surface area (Å²) in [5.74, 6) is 1.46. The van der Waals surface area contributed by atoms with Gasteiger partial charge in [-0.05, 0) is 42.3 Å². The third kappa shape index (κ3) is 6.13. The predicted molar refractivity (Wildman–Crippen MR) is 121 cm³/mol. The van der Waals surface area contributed by atoms with E-state index in [4.69, 9.17) is 14.2 Å². The van der Waals surface area contributed by atoms with Crippen LogP contribution in [0.1, 0.15) is 22.3 Å². The van der Waals surface area contributed by atoms with Crippen LogP contribution in [0.4, 0.5) is 0 Å². The highest BCUT2D eigenvalue weighted by Crippen LogP contribution is 2.27. The van der Waals surface area contributed by atoms with Crippen molar-refractivity contribution >= 4 is 11.8 Å². The predicted octanol–water partition coefficient (Wildman–Crippen LogP) is 2.18. The Balaban J connectivity index is 1.48. The molecule has 2 aromatic carbocycles. The highest BCUT2D eigenvalue weighted by Gasteiger charge is 2.20. The van der Waals surface area contributed by atoms with Crippen LogP contribution < -0.4 is 19.5 Å². The summed E-state index contributed by atoms with van der Waals surface area (Å²) >= 11 is 0. The fourth-order valence-electron chi connectivity index (χ4n) is 3.71. The van der Waals surface area contributed by atoms with E-state index in [9.17, 15) is 9.59 Å². The van der Waals surface area contributed by atoms with Gasteiger partial charge in [0.25, 0.3) is 5.91 Å². The highest BCUT2D eigenvalue weighted by atomic mass is 16.5. The van der Waals surface area contributed by atoms with E-state index < -0.39 is 0 Å². The molecule has 0 bridgehead atoms. The first-order valence-corrected chi connectivity index (χ1v) is 10.7. The fourth-order valence-corrected chi connectivity index (χ4v) is 3.71. The van der Waals surface area contributed by atoms with Gasteiger partial charge in [0.2, 0.25) is 5.91 Å². The van der Waals surface area contributed by atoms with Gasteiger partial charge in [0.05, 0.1) is 27.9 Å². The number of hydrogen-bond donors (Lipinski definition) is 1. The Kier molecular flexibility index (Phi) is 8.33. The molecule has 8 nitrogen and oxygen atoms in total. The van der Waals surface area contributed by atoms with Crippen LogP contribution in [0.5, 0.6) is 17.2 Å². The summed E-state index contributed by atoms with van der Waals surface area (Å²) in [6.45, 7) is 3.84. The Morgan fingerprint density at radius 3 is 2.31 bits per heavy atom. The molecule has 1 aliphatic heterocycles. The van der Waals surface area contributed by atoms with Gasteiger partial charge in [0, 0.05) is 38.3 Å². The fraction of sp³-hybridized carbons (Fsp3) is 0.417. The molecule has 172 valence electrons. The number of hydrogen-bond acceptors (Lipinski definition) is 6. The molecule has 1 N–H and O–H groups in total. The van der Waals surface area contributed by atoms with Crippen molar-refractivity contribution < 1.29 is 23.8 Å². The van der Waals surface area contributed by atoms with E-state index in [0.717, 1.165) is 31.8 Å². The largest absolute Gasteiger partial charge is 0.497 e. The Morgan fingerprint density at radius 2 is 1.62 bits per heavy atom. The molecule has 0 spiro atoms. The number of carbonyl (C=O) groups is 2. The number of benzene rings is 2. The summed E-state index contributed by atoms with van der Waals surface area (Å²) < 4.78 is 15.6. The smallest absolute Gasteiger partial charge is 0.251 e. The molecule has 0 aromatic heterocycles. The number of nitrogens with zero attached hydrogens (tertiary/aromatic N) is 2. The molecule has 0 unspecified atom stereocenters. The van der Waals surface area contributed by atoms with Gasteiger partial charge in [-0.3, -0.25) is 14.5 Å². The molecule has 1 aliphatic rings. The Bertz CT molecular complexity index is 916. The lowest BCUT2D eigenvalue weighted by molar-refractivity contribution is -0.130. The van der Waals surface area contributed by atoms with Crippen molar-refractivity contribution in [2.45, 2.75) is 13.0 Å². The number of methoxy groups -OCH3 is 3. The molecule has 32 heavy (non-hydrogen) atoms. The second-order valence-electron chi connectivity index (χ2n) is 7.61. The van der Waals surface area contributed by atoms with Crippen molar-refractivity contribution in [2.24, 2.45) is 0 Å². The van der Waals surface area contributed by atoms with Crippen molar-refractivity contribution in [3.63, 3.8) is 0 Å². The van der Waals surface area contributed by atoms with E-state index in [0.29, 0.717) is 30.2 Å². The average Bonchev–Trinajstić information content (AvgIpc) is 3.08. The first-order chi connectivity index (χ1) is 15.5. The van der Waals surface area contributed by atoms with Crippen LogP contribution in [-0.4, -0.2) is 75.7 Å². The van der Waals surface area contributed by atoms with Gasteiger partial charge in [0.1, 0.15) is 5.75 Å². The van der Waals surface area contributed by atoms with Crippen molar-refractivity contribution in [1.82, 2.24) is 15.1 Å². The number of rotatable bonds is 8. The summed E-state index contributed by atoms with van der Waals surface area (Å²) in [5, 5.41) is 2.72. The van der Waals surface area contributed by atoms with Gasteiger partial charge in [-0.15, -0.1) is 0 Å². The molecule has 2 aromatic rings. The molecule has 0 radical (unpaired) electrons. The van der Waals surface area contributed by atoms with E-state index in [1.807, 2.05) is 17.0 Å². The van der Waals surface area contributed by atoms with Gasteiger partial charge in [-0.25, -0.2) is 0 Å². The topological polar surface area (TPSA) is 80.3 Å². The summed E-state index contributed by atoms with van der Waals surface area (Å²) in [6.07, 6.45) is 0.894. The zero-order valence-corrected chi connectivity index (χ0v) is 18.9. The lowest BCUT2D eigenvalue weighted by Gasteiger charge is -2.22. The zero-order valence-electron chi connectivity index (χ0n) is 18.9. The molecule has 0 atom stereocenters. The molecule has 1 heterocycles. The van der Waals surface area contributed by atoms with E-state index in [-0.39, 0.29) is 18.4 Å². The van der Waals surface area contributed by atoms with Gasteiger partial charge in [-0.1, -0.05) is 12.1 Å². The van der Waals surface area contributed by atoms with E-state index in [2.05, 4.69) is 22.3 Å². The quantitative estimate of drug-likeness (QED) is 0.676. The molecule has 8 heteroatoms. The first-order valence-electron chi connectivity index (χ1n) is 10.7. The summed E-state index contributed by atoms with van der Waals surface area (Å²) in [5.41, 5.74) is 1.63. The second kappa shape index (κ2) is 11.4. The molecule has 3 rings (SSSR count). The minimum atomic E-state index is -0.324. The Hall–Kier alpha value is -3.26. The van der Waals surface area contributed by atoms with Crippen molar-refractivity contribution in [3.8, 4) is 17.2 Å². The standard InChI is InChI=1S/C24H31N3O5/c1-30-20-8-5-18(6-9-20)17-26-11-4-12-27(14-13-26)23(28)16-25-24(29)19-7-10-21(31-2)22(15-19)32-3/h5-10,15H,4,11-14,16-17H2,1-3H3,(H,25,29). The lowest BCUT2D eigenvalue weighted by Crippen LogP contribution is -2.42. The van der Waals surface area contributed by atoms with Gasteiger partial charge < -0.3 is 24.4 Å². The normalized spacial score (nSPS) is 14.4. The van der Waals surface area contributed by atoms with Crippen LogP contribution in [0.25, 0.3) is 0 Å². The molecular formula is C24H31N3O5. The third-order valence-corrected chi connectivity index (χ3v) is 5.55. The summed E-state index contributed by atoms with van der Waals surface area (Å²) in [6, 6.07) is 13.0. The minimum absolute atomic E-state index is 0.0361. The maximum absolute atomic E-state index is 12.7. The molecular weight excluding hydrogens is 410 g/mol. The number of carbonyl (C=O) groups excluding carboxylic acids is 2. The van der Waals surface area contributed by atoms with E-state index in [1.54, 1.807) is 25.3 Å². The second-order valence-corrected chi connectivity index (χ2v) is 7.61. The maximum Gasteiger partial charge on any atom is 0.251 e. The van der Waals surface area contributed by atoms with Crippen LogP contribution >= 0.6 is 0 Å². The molecule has 0 aliphatic carbocycles. The molecule has 1 saturated heterocycles. The van der Waals surface area contributed by atoms with Crippen LogP contribution in [0.3, 0.4) is 0 Å². The lowest BCUT2D eigenvalue weighted by atomic mass is 10.2. The molecule has 1 fully saturated rings. The number of ether oxygens (including phenoxy) is 3. The van der Waals surface area contributed by atoms with Gasteiger partial charge in [-0.2, -0.15) is 0 Å². The Morgan fingerprint density at radius 1 is 0.875 bits per heavy atom. The third-order valence-electron chi connectivity index (χ3n) is 5.55. The van der Waals surface area contributed by atoms with Crippen molar-refractivity contribution in [3.05, 3.63) is 53.6 Å². The van der Waals surface area contributed by atoms with Crippen LogP contribution in [0.2, 0.25) is 0 Å². The number of amides is 2. The van der Waals surface area contributed by atoms with E-state index >= 15 is 0 Å². The van der Waals surface area contributed by atoms with Crippen LogP contribution in [0.15, 0.2) is 42.5 Å². The molecule has 0 saturated carbocycles. The highest BCUT2D eigenvalue weighted by molar-refractivity contribution is 5.97. The van der Waals surface area contributed by atoms with Crippen molar-refractivity contribution in [2.75, 3.05) is 54.1 Å². The van der Waals surface area contributed by atoms with Gasteiger partial charge in [0.15, 0.2) is 11.5 Å². The first kappa shape index (κ1) is 23.4. The maximum atomic E-state index is 12.7. The molecule has 2 amide bonds. The SMILES string of the molecule is COc1ccc(CN2CCCN(C(=O)CNC(=O)c3ccc(OC)c(OC)c3)CC2)cc1. The zero-order chi connectivity index (χ0) is 22.9. The Labute approximate surface area is 189 Å². The number of nitrogens with one attached hydrogen (secondary N) is 1. The average molecular weight is 442 g/mol. The minimum Gasteiger partial charge on any atom is -0.497 e. The van der Waals surface area contributed by atoms with E-state index in [1.165, 1.54) is 19.8 Å². The van der Waals surface area contributed by atoms with Crippen LogP contribution in [-0.2, 0) is 11.3 Å². The van der Waals surface area contributed by atoms with Crippen LogP contribution in [0, 0.1) is 0 Å². The summed E-state index contributed by atoms with van der Waals surface area (Å²) in [4.78, 5) is 29.3. The monoisotopic (exact) mass is 441 g/mol. The van der Waals surface area contributed by atoms with Crippen molar-refractivity contribution in [1.29, 1.82) is 0 Å².